The average molecular weight is 325 g/mol. The predicted octanol–water partition coefficient (Wildman–Crippen LogP) is 1.79. The Morgan fingerprint density at radius 2 is 2.33 bits per heavy atom. The zero-order valence-corrected chi connectivity index (χ0v) is 13.4. The van der Waals surface area contributed by atoms with E-state index in [1.54, 1.807) is 6.20 Å². The molecule has 2 aromatic rings. The van der Waals surface area contributed by atoms with Gasteiger partial charge < -0.3 is 14.5 Å². The molecule has 2 aromatic heterocycles. The Labute approximate surface area is 139 Å². The molecule has 1 atom stereocenters. The molecule has 0 radical (unpaired) electrons. The zero-order chi connectivity index (χ0) is 16.6. The number of aliphatic hydroxyl groups is 1. The molecule has 24 heavy (non-hydrogen) atoms. The lowest BCUT2D eigenvalue weighted by atomic mass is 9.89. The van der Waals surface area contributed by atoms with Gasteiger partial charge in [0.15, 0.2) is 11.5 Å². The normalized spacial score (nSPS) is 23.9. The summed E-state index contributed by atoms with van der Waals surface area (Å²) in [6.07, 6.45) is 5.69. The fraction of sp³-hybridized carbons (Fsp3) is 0.529. The Morgan fingerprint density at radius 3 is 3.12 bits per heavy atom. The van der Waals surface area contributed by atoms with Gasteiger partial charge >= 0.3 is 0 Å². The van der Waals surface area contributed by atoms with Crippen molar-refractivity contribution in [3.05, 3.63) is 35.7 Å². The lowest BCUT2D eigenvalue weighted by molar-refractivity contribution is 0.0193. The number of nitriles is 1. The smallest absolute Gasteiger partial charge is 0.229 e. The van der Waals surface area contributed by atoms with E-state index in [4.69, 9.17) is 4.52 Å². The monoisotopic (exact) mass is 325 g/mol. The Morgan fingerprint density at radius 1 is 1.46 bits per heavy atom. The maximum Gasteiger partial charge on any atom is 0.229 e. The quantitative estimate of drug-likeness (QED) is 0.914. The molecule has 0 amide bonds. The van der Waals surface area contributed by atoms with Gasteiger partial charge in [0.1, 0.15) is 6.07 Å². The lowest BCUT2D eigenvalue weighted by Crippen LogP contribution is -2.50. The topological polar surface area (TPSA) is 99.1 Å². The van der Waals surface area contributed by atoms with Gasteiger partial charge in [0.25, 0.3) is 0 Å². The second-order valence-electron chi connectivity index (χ2n) is 6.73. The van der Waals surface area contributed by atoms with Crippen molar-refractivity contribution in [2.24, 2.45) is 0 Å². The van der Waals surface area contributed by atoms with Crippen LogP contribution in [0.1, 0.15) is 49.0 Å². The number of aromatic nitrogens is 3. The van der Waals surface area contributed by atoms with E-state index in [0.29, 0.717) is 36.9 Å². The van der Waals surface area contributed by atoms with Gasteiger partial charge in [0.05, 0.1) is 17.7 Å². The van der Waals surface area contributed by atoms with Crippen molar-refractivity contribution >= 4 is 5.69 Å². The molecule has 0 aromatic carbocycles. The van der Waals surface area contributed by atoms with Gasteiger partial charge in [-0.05, 0) is 37.8 Å². The van der Waals surface area contributed by atoms with Crippen LogP contribution in [0.15, 0.2) is 22.9 Å². The van der Waals surface area contributed by atoms with Gasteiger partial charge in [-0.2, -0.15) is 10.2 Å². The van der Waals surface area contributed by atoms with E-state index < -0.39 is 5.60 Å². The number of anilines is 1. The van der Waals surface area contributed by atoms with Crippen LogP contribution in [0.4, 0.5) is 5.69 Å². The number of nitrogens with zero attached hydrogens (tertiary/aromatic N) is 5. The highest BCUT2D eigenvalue weighted by molar-refractivity contribution is 5.56. The molecule has 124 valence electrons. The minimum atomic E-state index is -0.936. The molecule has 1 saturated heterocycles. The second kappa shape index (κ2) is 5.87. The fourth-order valence-electron chi connectivity index (χ4n) is 3.33. The van der Waals surface area contributed by atoms with E-state index in [1.807, 2.05) is 17.0 Å². The van der Waals surface area contributed by atoms with Crippen molar-refractivity contribution in [1.29, 1.82) is 5.26 Å². The van der Waals surface area contributed by atoms with Crippen LogP contribution in [-0.2, 0) is 6.42 Å². The van der Waals surface area contributed by atoms with Gasteiger partial charge in [-0.15, -0.1) is 0 Å². The predicted molar refractivity (Wildman–Crippen MR) is 85.3 cm³/mol. The van der Waals surface area contributed by atoms with E-state index >= 15 is 0 Å². The van der Waals surface area contributed by atoms with Crippen LogP contribution in [0.2, 0.25) is 0 Å². The number of pyridine rings is 1. The summed E-state index contributed by atoms with van der Waals surface area (Å²) in [6, 6.07) is 5.80. The van der Waals surface area contributed by atoms with Gasteiger partial charge in [-0.3, -0.25) is 0 Å². The molecule has 2 aliphatic rings. The zero-order valence-electron chi connectivity index (χ0n) is 13.4. The molecule has 1 N–H and O–H groups in total. The van der Waals surface area contributed by atoms with Crippen LogP contribution in [0.25, 0.3) is 0 Å². The first-order chi connectivity index (χ1) is 11.7. The molecular weight excluding hydrogens is 306 g/mol. The number of rotatable bonds is 4. The molecule has 0 bridgehead atoms. The number of β-amino-alcohol motifs (C(OH)–C–C–N with tert-alkyl or cyclic N) is 1. The molecule has 4 rings (SSSR count). The van der Waals surface area contributed by atoms with Gasteiger partial charge in [0, 0.05) is 25.2 Å². The molecule has 1 unspecified atom stereocenters. The average Bonchev–Trinajstić information content (AvgIpc) is 3.35. The van der Waals surface area contributed by atoms with E-state index in [-0.39, 0.29) is 0 Å². The summed E-state index contributed by atoms with van der Waals surface area (Å²) < 4.78 is 5.32. The first kappa shape index (κ1) is 15.1. The maximum absolute atomic E-state index is 11.0. The minimum Gasteiger partial charge on any atom is -0.388 e. The number of hydrogen-bond acceptors (Lipinski definition) is 7. The van der Waals surface area contributed by atoms with Crippen LogP contribution in [-0.4, -0.2) is 38.9 Å². The van der Waals surface area contributed by atoms with Crippen LogP contribution in [0.5, 0.6) is 0 Å². The van der Waals surface area contributed by atoms with Crippen molar-refractivity contribution in [3.8, 4) is 6.07 Å². The molecule has 3 heterocycles. The summed E-state index contributed by atoms with van der Waals surface area (Å²) in [4.78, 5) is 10.6. The van der Waals surface area contributed by atoms with E-state index in [0.717, 1.165) is 37.3 Å². The van der Waals surface area contributed by atoms with Crippen molar-refractivity contribution in [2.45, 2.75) is 43.6 Å². The Kier molecular flexibility index (Phi) is 3.69. The third-order valence-corrected chi connectivity index (χ3v) is 4.69. The molecule has 2 fully saturated rings. The van der Waals surface area contributed by atoms with Crippen molar-refractivity contribution in [3.63, 3.8) is 0 Å². The highest BCUT2D eigenvalue weighted by Gasteiger charge is 2.37. The molecule has 0 spiro atoms. The summed E-state index contributed by atoms with van der Waals surface area (Å²) in [5.41, 5.74) is 0.214. The maximum atomic E-state index is 11.0. The second-order valence-corrected chi connectivity index (χ2v) is 6.73. The van der Waals surface area contributed by atoms with Crippen LogP contribution in [0.3, 0.4) is 0 Å². The van der Waals surface area contributed by atoms with Gasteiger partial charge in [-0.25, -0.2) is 4.98 Å². The van der Waals surface area contributed by atoms with Crippen molar-refractivity contribution in [1.82, 2.24) is 15.1 Å². The van der Waals surface area contributed by atoms with Crippen LogP contribution < -0.4 is 4.90 Å². The standard InChI is InChI=1S/C17H19N5O2/c18-10-13-14(3-1-7-19-13)22-8-2-6-17(23,11-22)9-15-20-16(21-24-15)12-4-5-12/h1,3,7,12,23H,2,4-6,8-9,11H2. The third kappa shape index (κ3) is 2.97. The first-order valence-electron chi connectivity index (χ1n) is 8.32. The molecule has 7 heteroatoms. The Hall–Kier alpha value is -2.46. The number of piperidine rings is 1. The highest BCUT2D eigenvalue weighted by atomic mass is 16.5. The molecule has 7 nitrogen and oxygen atoms in total. The van der Waals surface area contributed by atoms with Gasteiger partial charge in [0.2, 0.25) is 5.89 Å². The third-order valence-electron chi connectivity index (χ3n) is 4.69. The van der Waals surface area contributed by atoms with Crippen LogP contribution in [0, 0.1) is 11.3 Å². The van der Waals surface area contributed by atoms with E-state index in [9.17, 15) is 10.4 Å². The van der Waals surface area contributed by atoms with E-state index in [1.165, 1.54) is 0 Å². The summed E-state index contributed by atoms with van der Waals surface area (Å²) >= 11 is 0. The van der Waals surface area contributed by atoms with Gasteiger partial charge in [-0.1, -0.05) is 5.16 Å². The van der Waals surface area contributed by atoms with Crippen LogP contribution >= 0.6 is 0 Å². The molecule has 1 aliphatic carbocycles. The van der Waals surface area contributed by atoms with E-state index in [2.05, 4.69) is 21.2 Å². The first-order valence-corrected chi connectivity index (χ1v) is 8.32. The minimum absolute atomic E-state index is 0.339. The fourth-order valence-corrected chi connectivity index (χ4v) is 3.33. The summed E-state index contributed by atoms with van der Waals surface area (Å²) in [5, 5.41) is 24.3. The molecule has 1 aliphatic heterocycles. The molecule has 1 saturated carbocycles. The van der Waals surface area contributed by atoms with Crippen molar-refractivity contribution in [2.75, 3.05) is 18.0 Å². The summed E-state index contributed by atoms with van der Waals surface area (Å²) in [5.74, 6) is 1.70. The number of hydrogen-bond donors (Lipinski definition) is 1. The highest BCUT2D eigenvalue weighted by Crippen LogP contribution is 2.38. The Balaban J connectivity index is 1.51. The van der Waals surface area contributed by atoms with Crippen molar-refractivity contribution < 1.29 is 9.63 Å². The lowest BCUT2D eigenvalue weighted by Gasteiger charge is -2.39. The largest absolute Gasteiger partial charge is 0.388 e. The summed E-state index contributed by atoms with van der Waals surface area (Å²) in [7, 11) is 0. The summed E-state index contributed by atoms with van der Waals surface area (Å²) in [6.45, 7) is 1.22. The Bertz CT molecular complexity index is 779. The molecular formula is C17H19N5O2. The SMILES string of the molecule is N#Cc1ncccc1N1CCCC(O)(Cc2nc(C3CC3)no2)C1.